The van der Waals surface area contributed by atoms with Crippen LogP contribution in [0.15, 0.2) is 30.6 Å². The Bertz CT molecular complexity index is 538. The molecule has 3 rings (SSSR count). The Morgan fingerprint density at radius 3 is 3.05 bits per heavy atom. The van der Waals surface area contributed by atoms with Crippen molar-refractivity contribution in [3.05, 3.63) is 30.6 Å². The molecule has 1 aromatic carbocycles. The van der Waals surface area contributed by atoms with Crippen molar-refractivity contribution in [2.75, 3.05) is 32.0 Å². The zero-order valence-corrected chi connectivity index (χ0v) is 11.7. The summed E-state index contributed by atoms with van der Waals surface area (Å²) in [6.07, 6.45) is 4.21. The van der Waals surface area contributed by atoms with E-state index in [-0.39, 0.29) is 0 Å². The van der Waals surface area contributed by atoms with Crippen LogP contribution in [0.1, 0.15) is 12.8 Å². The van der Waals surface area contributed by atoms with Crippen LogP contribution >= 0.6 is 0 Å². The van der Waals surface area contributed by atoms with Crippen LogP contribution < -0.4 is 5.32 Å². The quantitative estimate of drug-likeness (QED) is 0.912. The van der Waals surface area contributed by atoms with E-state index < -0.39 is 0 Å². The molecule has 2 aromatic rings. The monoisotopic (exact) mass is 272 g/mol. The number of aromatic nitrogens is 4. The van der Waals surface area contributed by atoms with Gasteiger partial charge in [0.1, 0.15) is 6.33 Å². The predicted molar refractivity (Wildman–Crippen MR) is 77.9 cm³/mol. The number of likely N-dealkylation sites (tertiary alicyclic amines) is 1. The number of para-hydroxylation sites is 2. The van der Waals surface area contributed by atoms with Crippen molar-refractivity contribution >= 4 is 5.69 Å². The molecule has 1 aliphatic rings. The fourth-order valence-electron chi connectivity index (χ4n) is 2.79. The standard InChI is InChI=1S/C14H20N6/c1-19-8-4-5-12(10-19)9-15-13-6-2-3-7-14(13)20-11-16-17-18-20/h2-3,6-7,11-12,15H,4-5,8-10H2,1H3. The van der Waals surface area contributed by atoms with Crippen molar-refractivity contribution in [1.29, 1.82) is 0 Å². The molecule has 0 saturated carbocycles. The van der Waals surface area contributed by atoms with Gasteiger partial charge in [-0.2, -0.15) is 4.68 Å². The average Bonchev–Trinajstić information content (AvgIpc) is 3.00. The first-order valence-electron chi connectivity index (χ1n) is 7.08. The van der Waals surface area contributed by atoms with Gasteiger partial charge in [0.15, 0.2) is 0 Å². The highest BCUT2D eigenvalue weighted by molar-refractivity contribution is 5.60. The maximum atomic E-state index is 3.96. The van der Waals surface area contributed by atoms with Gasteiger partial charge in [0.25, 0.3) is 0 Å². The molecule has 1 unspecified atom stereocenters. The van der Waals surface area contributed by atoms with Gasteiger partial charge in [0.05, 0.1) is 11.4 Å². The summed E-state index contributed by atoms with van der Waals surface area (Å²) in [5, 5.41) is 14.9. The van der Waals surface area contributed by atoms with E-state index in [0.717, 1.165) is 17.9 Å². The third-order valence-electron chi connectivity index (χ3n) is 3.80. The SMILES string of the molecule is CN1CCCC(CNc2ccccc2-n2cnnn2)C1. The molecule has 0 amide bonds. The number of hydrogen-bond acceptors (Lipinski definition) is 5. The Morgan fingerprint density at radius 1 is 1.35 bits per heavy atom. The number of nitrogens with one attached hydrogen (secondary N) is 1. The molecule has 0 aliphatic carbocycles. The lowest BCUT2D eigenvalue weighted by Gasteiger charge is -2.30. The van der Waals surface area contributed by atoms with E-state index in [1.165, 1.54) is 25.9 Å². The molecule has 1 N–H and O–H groups in total. The smallest absolute Gasteiger partial charge is 0.143 e. The molecule has 0 spiro atoms. The van der Waals surface area contributed by atoms with E-state index in [4.69, 9.17) is 0 Å². The molecular formula is C14H20N6. The van der Waals surface area contributed by atoms with Crippen molar-refractivity contribution < 1.29 is 0 Å². The fraction of sp³-hybridized carbons (Fsp3) is 0.500. The van der Waals surface area contributed by atoms with Crippen molar-refractivity contribution in [1.82, 2.24) is 25.1 Å². The molecular weight excluding hydrogens is 252 g/mol. The zero-order chi connectivity index (χ0) is 13.8. The van der Waals surface area contributed by atoms with Crippen molar-refractivity contribution in [3.63, 3.8) is 0 Å². The van der Waals surface area contributed by atoms with E-state index in [2.05, 4.69) is 38.9 Å². The van der Waals surface area contributed by atoms with Crippen molar-refractivity contribution in [3.8, 4) is 5.69 Å². The molecule has 1 aliphatic heterocycles. The maximum absolute atomic E-state index is 3.96. The first-order chi connectivity index (χ1) is 9.83. The van der Waals surface area contributed by atoms with E-state index in [9.17, 15) is 0 Å². The van der Waals surface area contributed by atoms with E-state index in [1.807, 2.05) is 18.2 Å². The summed E-state index contributed by atoms with van der Waals surface area (Å²) in [5.74, 6) is 0.704. The predicted octanol–water partition coefficient (Wildman–Crippen LogP) is 1.42. The Kier molecular flexibility index (Phi) is 3.92. The average molecular weight is 272 g/mol. The molecule has 1 fully saturated rings. The fourth-order valence-corrected chi connectivity index (χ4v) is 2.79. The molecule has 1 atom stereocenters. The van der Waals surface area contributed by atoms with Gasteiger partial charge < -0.3 is 10.2 Å². The number of nitrogens with zero attached hydrogens (tertiary/aromatic N) is 5. The van der Waals surface area contributed by atoms with Crippen LogP contribution in [0.3, 0.4) is 0 Å². The summed E-state index contributed by atoms with van der Waals surface area (Å²) in [4.78, 5) is 2.41. The van der Waals surface area contributed by atoms with Gasteiger partial charge in [-0.25, -0.2) is 0 Å². The number of benzene rings is 1. The Labute approximate surface area is 118 Å². The number of hydrogen-bond donors (Lipinski definition) is 1. The molecule has 1 aromatic heterocycles. The van der Waals surface area contributed by atoms with Crippen LogP contribution in [0.2, 0.25) is 0 Å². The Hall–Kier alpha value is -1.95. The second-order valence-electron chi connectivity index (χ2n) is 5.42. The molecule has 0 bridgehead atoms. The number of anilines is 1. The van der Waals surface area contributed by atoms with Crippen LogP contribution in [0.4, 0.5) is 5.69 Å². The van der Waals surface area contributed by atoms with Gasteiger partial charge >= 0.3 is 0 Å². The topological polar surface area (TPSA) is 58.9 Å². The third-order valence-corrected chi connectivity index (χ3v) is 3.80. The minimum absolute atomic E-state index is 0.704. The molecule has 1 saturated heterocycles. The molecule has 0 radical (unpaired) electrons. The van der Waals surface area contributed by atoms with Gasteiger partial charge in [-0.1, -0.05) is 12.1 Å². The van der Waals surface area contributed by atoms with Crippen LogP contribution in [0.25, 0.3) is 5.69 Å². The second kappa shape index (κ2) is 6.00. The van der Waals surface area contributed by atoms with Crippen molar-refractivity contribution in [2.45, 2.75) is 12.8 Å². The van der Waals surface area contributed by atoms with E-state index >= 15 is 0 Å². The summed E-state index contributed by atoms with van der Waals surface area (Å²) in [6.45, 7) is 3.38. The van der Waals surface area contributed by atoms with Gasteiger partial charge in [0.2, 0.25) is 0 Å². The number of piperidine rings is 1. The molecule has 6 heteroatoms. The molecule has 2 heterocycles. The van der Waals surface area contributed by atoms with Crippen LogP contribution in [0.5, 0.6) is 0 Å². The number of rotatable bonds is 4. The van der Waals surface area contributed by atoms with E-state index in [1.54, 1.807) is 11.0 Å². The highest BCUT2D eigenvalue weighted by Crippen LogP contribution is 2.21. The van der Waals surface area contributed by atoms with Gasteiger partial charge in [-0.15, -0.1) is 5.10 Å². The Balaban J connectivity index is 1.68. The number of tetrazole rings is 1. The van der Waals surface area contributed by atoms with Gasteiger partial charge in [0, 0.05) is 13.1 Å². The lowest BCUT2D eigenvalue weighted by molar-refractivity contribution is 0.217. The lowest BCUT2D eigenvalue weighted by Crippen LogP contribution is -2.35. The van der Waals surface area contributed by atoms with Crippen LogP contribution in [-0.4, -0.2) is 51.8 Å². The maximum Gasteiger partial charge on any atom is 0.143 e. The highest BCUT2D eigenvalue weighted by atomic mass is 15.5. The Morgan fingerprint density at radius 2 is 2.25 bits per heavy atom. The largest absolute Gasteiger partial charge is 0.383 e. The van der Waals surface area contributed by atoms with Crippen molar-refractivity contribution in [2.24, 2.45) is 5.92 Å². The van der Waals surface area contributed by atoms with Crippen LogP contribution in [-0.2, 0) is 0 Å². The third kappa shape index (κ3) is 2.96. The zero-order valence-electron chi connectivity index (χ0n) is 11.7. The molecule has 6 nitrogen and oxygen atoms in total. The van der Waals surface area contributed by atoms with Gasteiger partial charge in [-0.3, -0.25) is 0 Å². The summed E-state index contributed by atoms with van der Waals surface area (Å²) in [7, 11) is 2.20. The molecule has 106 valence electrons. The normalized spacial score (nSPS) is 19.9. The summed E-state index contributed by atoms with van der Waals surface area (Å²) in [6, 6.07) is 8.12. The second-order valence-corrected chi connectivity index (χ2v) is 5.42. The molecule has 20 heavy (non-hydrogen) atoms. The van der Waals surface area contributed by atoms with Crippen LogP contribution in [0, 0.1) is 5.92 Å². The highest BCUT2D eigenvalue weighted by Gasteiger charge is 2.17. The first kappa shape index (κ1) is 13.1. The van der Waals surface area contributed by atoms with E-state index in [0.29, 0.717) is 5.92 Å². The minimum Gasteiger partial charge on any atom is -0.383 e. The minimum atomic E-state index is 0.704. The summed E-state index contributed by atoms with van der Waals surface area (Å²) >= 11 is 0. The lowest BCUT2D eigenvalue weighted by atomic mass is 9.98. The summed E-state index contributed by atoms with van der Waals surface area (Å²) < 4.78 is 1.69. The summed E-state index contributed by atoms with van der Waals surface area (Å²) in [5.41, 5.74) is 2.06. The first-order valence-corrected chi connectivity index (χ1v) is 7.08. The van der Waals surface area contributed by atoms with Gasteiger partial charge in [-0.05, 0) is 54.9 Å².